The van der Waals surface area contributed by atoms with Crippen LogP contribution < -0.4 is 10.6 Å². The van der Waals surface area contributed by atoms with Crippen LogP contribution in [0.3, 0.4) is 0 Å². The number of aliphatic hydroxyl groups is 1. The molecule has 23 heavy (non-hydrogen) atoms. The van der Waals surface area contributed by atoms with E-state index in [1.165, 1.54) is 0 Å². The van der Waals surface area contributed by atoms with Crippen molar-refractivity contribution < 1.29 is 9.67 Å². The van der Waals surface area contributed by atoms with Gasteiger partial charge in [0.05, 0.1) is 11.6 Å². The summed E-state index contributed by atoms with van der Waals surface area (Å²) in [6.07, 6.45) is 0.982. The molecule has 0 heterocycles. The lowest BCUT2D eigenvalue weighted by Crippen LogP contribution is -2.17. The van der Waals surface area contributed by atoms with Gasteiger partial charge in [-0.2, -0.15) is 0 Å². The van der Waals surface area contributed by atoms with E-state index < -0.39 is 7.14 Å². The zero-order chi connectivity index (χ0) is 16.1. The number of hydrogen-bond donors (Lipinski definition) is 1. The molecule has 0 aliphatic rings. The standard InChI is InChI=1S/C20H17O2P/c21-16-20(17-10-4-1-5-11-17)23(22,18-12-6-2-7-13-18)19-14-8-3-9-15-19/h1-16,21H/b20-16-. The van der Waals surface area contributed by atoms with Crippen molar-refractivity contribution in [2.75, 3.05) is 0 Å². The van der Waals surface area contributed by atoms with Gasteiger partial charge in [0, 0.05) is 10.6 Å². The molecule has 3 aromatic rings. The third-order valence-corrected chi connectivity index (χ3v) is 6.87. The van der Waals surface area contributed by atoms with Crippen molar-refractivity contribution in [3.05, 3.63) is 103 Å². The normalized spacial score (nSPS) is 12.1. The lowest BCUT2D eigenvalue weighted by Gasteiger charge is -2.22. The predicted octanol–water partition coefficient (Wildman–Crippen LogP) is 4.56. The third kappa shape index (κ3) is 2.86. The maximum Gasteiger partial charge on any atom is 0.174 e. The SMILES string of the molecule is O=P(/C(=C\O)c1ccccc1)(c1ccccc1)c1ccccc1. The Bertz CT molecular complexity index is 797. The van der Waals surface area contributed by atoms with Crippen LogP contribution in [0.15, 0.2) is 97.3 Å². The molecule has 0 saturated heterocycles. The molecule has 0 aliphatic heterocycles. The van der Waals surface area contributed by atoms with Gasteiger partial charge < -0.3 is 9.67 Å². The molecule has 0 fully saturated rings. The minimum Gasteiger partial charge on any atom is -0.515 e. The monoisotopic (exact) mass is 320 g/mol. The molecule has 114 valence electrons. The van der Waals surface area contributed by atoms with Crippen LogP contribution in [-0.4, -0.2) is 5.11 Å². The lowest BCUT2D eigenvalue weighted by atomic mass is 10.2. The van der Waals surface area contributed by atoms with Gasteiger partial charge in [0.1, 0.15) is 0 Å². The van der Waals surface area contributed by atoms with E-state index in [2.05, 4.69) is 0 Å². The molecule has 0 aromatic heterocycles. The molecule has 3 heteroatoms. The summed E-state index contributed by atoms with van der Waals surface area (Å²) in [5.74, 6) is 0. The summed E-state index contributed by atoms with van der Waals surface area (Å²) in [5.41, 5.74) is 0.756. The molecule has 0 bridgehead atoms. The highest BCUT2D eigenvalue weighted by atomic mass is 31.2. The van der Waals surface area contributed by atoms with Gasteiger partial charge in [-0.05, 0) is 5.56 Å². The van der Waals surface area contributed by atoms with Crippen LogP contribution in [0, 0.1) is 0 Å². The summed E-state index contributed by atoms with van der Waals surface area (Å²) in [6, 6.07) is 28.0. The van der Waals surface area contributed by atoms with E-state index in [-0.39, 0.29) is 0 Å². The molecule has 0 aliphatic carbocycles. The molecule has 1 N–H and O–H groups in total. The van der Waals surface area contributed by atoms with Gasteiger partial charge in [-0.15, -0.1) is 0 Å². The topological polar surface area (TPSA) is 37.3 Å². The van der Waals surface area contributed by atoms with Crippen molar-refractivity contribution in [2.24, 2.45) is 0 Å². The molecule has 0 atom stereocenters. The van der Waals surface area contributed by atoms with Crippen molar-refractivity contribution >= 4 is 23.1 Å². The third-order valence-electron chi connectivity index (χ3n) is 3.77. The average molecular weight is 320 g/mol. The minimum absolute atomic E-state index is 0.440. The molecule has 3 aromatic carbocycles. The van der Waals surface area contributed by atoms with E-state index in [0.717, 1.165) is 11.8 Å². The quantitative estimate of drug-likeness (QED) is 0.565. The maximum absolute atomic E-state index is 14.1. The van der Waals surface area contributed by atoms with E-state index >= 15 is 0 Å². The van der Waals surface area contributed by atoms with Crippen LogP contribution in [0.5, 0.6) is 0 Å². The number of benzene rings is 3. The second kappa shape index (κ2) is 6.68. The molecular weight excluding hydrogens is 303 g/mol. The van der Waals surface area contributed by atoms with Crippen molar-refractivity contribution in [1.29, 1.82) is 0 Å². The zero-order valence-electron chi connectivity index (χ0n) is 12.5. The fourth-order valence-corrected chi connectivity index (χ4v) is 5.36. The molecule has 0 amide bonds. The maximum atomic E-state index is 14.1. The van der Waals surface area contributed by atoms with E-state index in [9.17, 15) is 9.67 Å². The first-order valence-corrected chi connectivity index (χ1v) is 9.09. The first kappa shape index (κ1) is 15.3. The Balaban J connectivity index is 2.27. The second-order valence-electron chi connectivity index (χ2n) is 5.16. The van der Waals surface area contributed by atoms with Crippen LogP contribution in [0.25, 0.3) is 5.31 Å². The van der Waals surface area contributed by atoms with Gasteiger partial charge >= 0.3 is 0 Å². The average Bonchev–Trinajstić information content (AvgIpc) is 2.64. The Labute approximate surface area is 136 Å². The first-order chi connectivity index (χ1) is 11.3. The summed E-state index contributed by atoms with van der Waals surface area (Å²) < 4.78 is 14.1. The largest absolute Gasteiger partial charge is 0.515 e. The molecule has 0 radical (unpaired) electrons. The van der Waals surface area contributed by atoms with Crippen LogP contribution in [0.4, 0.5) is 0 Å². The van der Waals surface area contributed by atoms with Crippen LogP contribution >= 0.6 is 7.14 Å². The van der Waals surface area contributed by atoms with Crippen molar-refractivity contribution in [3.63, 3.8) is 0 Å². The van der Waals surface area contributed by atoms with Crippen molar-refractivity contribution in [1.82, 2.24) is 0 Å². The highest BCUT2D eigenvalue weighted by Gasteiger charge is 2.32. The van der Waals surface area contributed by atoms with Gasteiger partial charge in [-0.3, -0.25) is 0 Å². The molecule has 0 spiro atoms. The van der Waals surface area contributed by atoms with Crippen LogP contribution in [0.1, 0.15) is 5.56 Å². The predicted molar refractivity (Wildman–Crippen MR) is 96.8 cm³/mol. The summed E-state index contributed by atoms with van der Waals surface area (Å²) in [4.78, 5) is 0. The van der Waals surface area contributed by atoms with Crippen molar-refractivity contribution in [2.45, 2.75) is 0 Å². The Kier molecular flexibility index (Phi) is 4.45. The lowest BCUT2D eigenvalue weighted by molar-refractivity contribution is 0.476. The van der Waals surface area contributed by atoms with Gasteiger partial charge in [0.15, 0.2) is 7.14 Å². The minimum atomic E-state index is -3.15. The fourth-order valence-electron chi connectivity index (χ4n) is 2.65. The van der Waals surface area contributed by atoms with Gasteiger partial charge in [-0.1, -0.05) is 91.0 Å². The van der Waals surface area contributed by atoms with Gasteiger partial charge in [-0.25, -0.2) is 0 Å². The first-order valence-electron chi connectivity index (χ1n) is 7.38. The molecule has 0 unspecified atom stereocenters. The molecular formula is C20H17O2P. The van der Waals surface area contributed by atoms with Crippen LogP contribution in [0.2, 0.25) is 0 Å². The van der Waals surface area contributed by atoms with Gasteiger partial charge in [0.2, 0.25) is 0 Å². The second-order valence-corrected chi connectivity index (χ2v) is 7.89. The summed E-state index contributed by atoms with van der Waals surface area (Å²) >= 11 is 0. The highest BCUT2D eigenvalue weighted by Crippen LogP contribution is 2.56. The highest BCUT2D eigenvalue weighted by molar-refractivity contribution is 7.87. The molecule has 0 saturated carbocycles. The number of aliphatic hydroxyl groups excluding tert-OH is 1. The van der Waals surface area contributed by atoms with E-state index in [1.807, 2.05) is 91.0 Å². The van der Waals surface area contributed by atoms with Crippen molar-refractivity contribution in [3.8, 4) is 0 Å². The van der Waals surface area contributed by atoms with E-state index in [1.54, 1.807) is 0 Å². The number of rotatable bonds is 4. The summed E-state index contributed by atoms with van der Waals surface area (Å²) in [6.45, 7) is 0. The smallest absolute Gasteiger partial charge is 0.174 e. The Morgan fingerprint density at radius 2 is 1.09 bits per heavy atom. The Hall–Kier alpha value is -2.57. The zero-order valence-corrected chi connectivity index (χ0v) is 13.4. The van der Waals surface area contributed by atoms with Gasteiger partial charge in [0.25, 0.3) is 0 Å². The molecule has 2 nitrogen and oxygen atoms in total. The fraction of sp³-hybridized carbons (Fsp3) is 0. The summed E-state index contributed by atoms with van der Waals surface area (Å²) in [7, 11) is -3.15. The van der Waals surface area contributed by atoms with Crippen LogP contribution in [-0.2, 0) is 4.57 Å². The summed E-state index contributed by atoms with van der Waals surface area (Å²) in [5, 5.41) is 11.8. The van der Waals surface area contributed by atoms with E-state index in [4.69, 9.17) is 0 Å². The Morgan fingerprint density at radius 3 is 1.48 bits per heavy atom. The number of hydrogen-bond acceptors (Lipinski definition) is 2. The Morgan fingerprint density at radius 1 is 0.696 bits per heavy atom. The molecule has 3 rings (SSSR count). The van der Waals surface area contributed by atoms with E-state index in [0.29, 0.717) is 15.9 Å².